The number of halogens is 1. The molecule has 0 spiro atoms. The highest BCUT2D eigenvalue weighted by Gasteiger charge is 2.09. The van der Waals surface area contributed by atoms with Crippen molar-refractivity contribution in [2.24, 2.45) is 0 Å². The lowest BCUT2D eigenvalue weighted by Crippen LogP contribution is -2.08. The molecule has 1 aliphatic heterocycles. The number of rotatable bonds is 4. The van der Waals surface area contributed by atoms with E-state index in [0.29, 0.717) is 19.6 Å². The minimum Gasteiger partial charge on any atom is -0.494 e. The van der Waals surface area contributed by atoms with E-state index in [1.807, 2.05) is 30.3 Å². The van der Waals surface area contributed by atoms with Gasteiger partial charge in [-0.05, 0) is 24.5 Å². The number of hydrogen-bond acceptors (Lipinski definition) is 2. The van der Waals surface area contributed by atoms with E-state index in [1.54, 1.807) is 0 Å². The standard InChI is InChI=1S/C14H15FO2/c15-13(14-11-16-9-10-17-14)8-4-7-12-5-2-1-3-6-12/h1-3,5-6,8,11H,4,7,9-10H2/b13-8+. The van der Waals surface area contributed by atoms with Gasteiger partial charge in [0.05, 0.1) is 0 Å². The Hall–Kier alpha value is -1.77. The van der Waals surface area contributed by atoms with Crippen LogP contribution in [0.5, 0.6) is 0 Å². The molecule has 0 aliphatic carbocycles. The third-order valence-corrected chi connectivity index (χ3v) is 2.48. The summed E-state index contributed by atoms with van der Waals surface area (Å²) in [7, 11) is 0. The Labute approximate surface area is 100 Å². The van der Waals surface area contributed by atoms with E-state index in [2.05, 4.69) is 0 Å². The lowest BCUT2D eigenvalue weighted by Gasteiger charge is -2.13. The van der Waals surface area contributed by atoms with Crippen LogP contribution < -0.4 is 0 Å². The molecule has 0 saturated carbocycles. The first-order valence-corrected chi connectivity index (χ1v) is 5.71. The molecule has 0 unspecified atom stereocenters. The molecule has 1 heterocycles. The zero-order valence-corrected chi connectivity index (χ0v) is 9.56. The van der Waals surface area contributed by atoms with Crippen molar-refractivity contribution >= 4 is 0 Å². The lowest BCUT2D eigenvalue weighted by molar-refractivity contribution is 0.0842. The van der Waals surface area contributed by atoms with Gasteiger partial charge in [0.1, 0.15) is 19.5 Å². The SMILES string of the molecule is F/C(=C/CCc1ccccc1)C1=COCCO1. The second-order valence-electron chi connectivity index (χ2n) is 3.78. The van der Waals surface area contributed by atoms with Crippen LogP contribution in [0.2, 0.25) is 0 Å². The molecule has 1 aliphatic rings. The van der Waals surface area contributed by atoms with Crippen LogP contribution in [0.4, 0.5) is 4.39 Å². The van der Waals surface area contributed by atoms with Crippen molar-refractivity contribution in [3.05, 3.63) is 59.8 Å². The number of ether oxygens (including phenoxy) is 2. The smallest absolute Gasteiger partial charge is 0.189 e. The molecule has 0 amide bonds. The first-order valence-electron chi connectivity index (χ1n) is 5.71. The summed E-state index contributed by atoms with van der Waals surface area (Å²) in [5, 5.41) is 0. The minimum atomic E-state index is -0.347. The summed E-state index contributed by atoms with van der Waals surface area (Å²) in [6, 6.07) is 10.0. The van der Waals surface area contributed by atoms with Crippen molar-refractivity contribution in [3.8, 4) is 0 Å². The first-order chi connectivity index (χ1) is 8.36. The van der Waals surface area contributed by atoms with E-state index in [9.17, 15) is 4.39 Å². The molecule has 0 fully saturated rings. The molecule has 2 rings (SSSR count). The summed E-state index contributed by atoms with van der Waals surface area (Å²) in [5.74, 6) is -0.148. The molecule has 1 aromatic carbocycles. The van der Waals surface area contributed by atoms with Gasteiger partial charge in [0.2, 0.25) is 0 Å². The number of benzene rings is 1. The predicted octanol–water partition coefficient (Wildman–Crippen LogP) is 3.36. The third kappa shape index (κ3) is 3.63. The molecule has 0 bridgehead atoms. The Morgan fingerprint density at radius 3 is 2.76 bits per heavy atom. The Bertz CT molecular complexity index is 409. The predicted molar refractivity (Wildman–Crippen MR) is 63.9 cm³/mol. The van der Waals surface area contributed by atoms with Gasteiger partial charge in [0, 0.05) is 0 Å². The zero-order valence-electron chi connectivity index (χ0n) is 9.56. The summed E-state index contributed by atoms with van der Waals surface area (Å²) in [6.45, 7) is 0.895. The average Bonchev–Trinajstić information content (AvgIpc) is 2.41. The summed E-state index contributed by atoms with van der Waals surface area (Å²) in [5.41, 5.74) is 1.20. The highest BCUT2D eigenvalue weighted by molar-refractivity contribution is 5.20. The molecule has 1 aromatic rings. The molecule has 0 radical (unpaired) electrons. The van der Waals surface area contributed by atoms with Crippen LogP contribution in [0.25, 0.3) is 0 Å². The van der Waals surface area contributed by atoms with Crippen LogP contribution in [0.15, 0.2) is 54.3 Å². The second kappa shape index (κ2) is 6.09. The van der Waals surface area contributed by atoms with Crippen molar-refractivity contribution in [3.63, 3.8) is 0 Å². The average molecular weight is 234 g/mol. The topological polar surface area (TPSA) is 18.5 Å². The van der Waals surface area contributed by atoms with Crippen molar-refractivity contribution in [1.29, 1.82) is 0 Å². The van der Waals surface area contributed by atoms with Crippen molar-refractivity contribution < 1.29 is 13.9 Å². The molecule has 0 aromatic heterocycles. The van der Waals surface area contributed by atoms with Crippen molar-refractivity contribution in [2.45, 2.75) is 12.8 Å². The number of hydrogen-bond donors (Lipinski definition) is 0. The number of aryl methyl sites for hydroxylation is 1. The maximum atomic E-state index is 13.6. The Kier molecular flexibility index (Phi) is 4.19. The monoisotopic (exact) mass is 234 g/mol. The van der Waals surface area contributed by atoms with Crippen LogP contribution >= 0.6 is 0 Å². The summed E-state index contributed by atoms with van der Waals surface area (Å²) < 4.78 is 23.7. The molecule has 0 saturated heterocycles. The van der Waals surface area contributed by atoms with Crippen molar-refractivity contribution in [2.75, 3.05) is 13.2 Å². The fourth-order valence-electron chi connectivity index (χ4n) is 1.60. The van der Waals surface area contributed by atoms with Gasteiger partial charge >= 0.3 is 0 Å². The van der Waals surface area contributed by atoms with E-state index in [4.69, 9.17) is 9.47 Å². The Balaban J connectivity index is 1.86. The van der Waals surface area contributed by atoms with Gasteiger partial charge in [0.15, 0.2) is 11.6 Å². The van der Waals surface area contributed by atoms with Gasteiger partial charge in [-0.25, -0.2) is 4.39 Å². The summed E-state index contributed by atoms with van der Waals surface area (Å²) in [6.07, 6.45) is 4.34. The maximum absolute atomic E-state index is 13.6. The first kappa shape index (κ1) is 11.7. The molecule has 17 heavy (non-hydrogen) atoms. The maximum Gasteiger partial charge on any atom is 0.189 e. The van der Waals surface area contributed by atoms with Crippen LogP contribution in [0, 0.1) is 0 Å². The van der Waals surface area contributed by atoms with Crippen molar-refractivity contribution in [1.82, 2.24) is 0 Å². The van der Waals surface area contributed by atoms with Gasteiger partial charge in [-0.2, -0.15) is 0 Å². The van der Waals surface area contributed by atoms with Gasteiger partial charge < -0.3 is 9.47 Å². The van der Waals surface area contributed by atoms with E-state index in [-0.39, 0.29) is 11.6 Å². The van der Waals surface area contributed by atoms with Gasteiger partial charge in [-0.3, -0.25) is 0 Å². The largest absolute Gasteiger partial charge is 0.494 e. The lowest BCUT2D eigenvalue weighted by atomic mass is 10.1. The Morgan fingerprint density at radius 1 is 1.24 bits per heavy atom. The molecule has 3 heteroatoms. The van der Waals surface area contributed by atoms with Gasteiger partial charge in [0.25, 0.3) is 0 Å². The molecule has 0 N–H and O–H groups in total. The van der Waals surface area contributed by atoms with Crippen LogP contribution in [0.1, 0.15) is 12.0 Å². The quantitative estimate of drug-likeness (QED) is 0.795. The van der Waals surface area contributed by atoms with E-state index in [0.717, 1.165) is 6.42 Å². The van der Waals surface area contributed by atoms with Gasteiger partial charge in [-0.15, -0.1) is 0 Å². The molecule has 2 nitrogen and oxygen atoms in total. The fraction of sp³-hybridized carbons (Fsp3) is 0.286. The zero-order chi connectivity index (χ0) is 11.9. The van der Waals surface area contributed by atoms with E-state index >= 15 is 0 Å². The third-order valence-electron chi connectivity index (χ3n) is 2.48. The number of allylic oxidation sites excluding steroid dienone is 2. The normalized spacial score (nSPS) is 15.8. The van der Waals surface area contributed by atoms with Crippen LogP contribution in [-0.2, 0) is 15.9 Å². The van der Waals surface area contributed by atoms with E-state index in [1.165, 1.54) is 17.9 Å². The summed E-state index contributed by atoms with van der Waals surface area (Å²) >= 11 is 0. The minimum absolute atomic E-state index is 0.198. The van der Waals surface area contributed by atoms with Crippen LogP contribution in [-0.4, -0.2) is 13.2 Å². The molecular weight excluding hydrogens is 219 g/mol. The highest BCUT2D eigenvalue weighted by Crippen LogP contribution is 2.17. The Morgan fingerprint density at radius 2 is 2.06 bits per heavy atom. The van der Waals surface area contributed by atoms with E-state index < -0.39 is 0 Å². The highest BCUT2D eigenvalue weighted by atomic mass is 19.1. The molecule has 90 valence electrons. The molecular formula is C14H15FO2. The molecule has 0 atom stereocenters. The van der Waals surface area contributed by atoms with Gasteiger partial charge in [-0.1, -0.05) is 30.3 Å². The fourth-order valence-corrected chi connectivity index (χ4v) is 1.60. The van der Waals surface area contributed by atoms with Crippen LogP contribution in [0.3, 0.4) is 0 Å². The second-order valence-corrected chi connectivity index (χ2v) is 3.78. The summed E-state index contributed by atoms with van der Waals surface area (Å²) in [4.78, 5) is 0.